The molecule has 1 aliphatic rings. The number of aryl methyl sites for hydroxylation is 1. The van der Waals surface area contributed by atoms with Gasteiger partial charge in [-0.1, -0.05) is 42.0 Å². The van der Waals surface area contributed by atoms with Crippen molar-refractivity contribution in [3.63, 3.8) is 0 Å². The molecule has 0 spiro atoms. The second kappa shape index (κ2) is 5.71. The normalized spacial score (nSPS) is 21.9. The van der Waals surface area contributed by atoms with Crippen molar-refractivity contribution < 1.29 is 4.74 Å². The van der Waals surface area contributed by atoms with Gasteiger partial charge in [-0.2, -0.15) is 0 Å². The minimum Gasteiger partial charge on any atom is -0.367 e. The fourth-order valence-electron chi connectivity index (χ4n) is 2.33. The van der Waals surface area contributed by atoms with Crippen LogP contribution in [-0.2, 0) is 11.2 Å². The smallest absolute Gasteiger partial charge is 0.0892 e. The largest absolute Gasteiger partial charge is 0.367 e. The predicted molar refractivity (Wildman–Crippen MR) is 76.7 cm³/mol. The van der Waals surface area contributed by atoms with Crippen molar-refractivity contribution >= 4 is 0 Å². The number of hydrogen-bond acceptors (Lipinski definition) is 1. The zero-order chi connectivity index (χ0) is 13.0. The van der Waals surface area contributed by atoms with Crippen LogP contribution in [-0.4, -0.2) is 11.7 Å². The molecule has 0 bridgehead atoms. The third kappa shape index (κ3) is 3.99. The molecule has 0 amide bonds. The zero-order valence-corrected chi connectivity index (χ0v) is 11.8. The van der Waals surface area contributed by atoms with Crippen LogP contribution in [0.3, 0.4) is 0 Å². The highest BCUT2D eigenvalue weighted by Gasteiger charge is 2.46. The average molecular weight is 244 g/mol. The molecule has 18 heavy (non-hydrogen) atoms. The lowest BCUT2D eigenvalue weighted by atomic mass is 10.0. The van der Waals surface area contributed by atoms with Crippen molar-refractivity contribution in [1.29, 1.82) is 0 Å². The van der Waals surface area contributed by atoms with Crippen molar-refractivity contribution in [2.24, 2.45) is 0 Å². The molecule has 0 N–H and O–H groups in total. The average Bonchev–Trinajstić information content (AvgIpc) is 2.96. The summed E-state index contributed by atoms with van der Waals surface area (Å²) in [7, 11) is 0. The van der Waals surface area contributed by atoms with Crippen LogP contribution in [0.4, 0.5) is 0 Å². The maximum absolute atomic E-state index is 5.60. The molecule has 1 unspecified atom stereocenters. The van der Waals surface area contributed by atoms with Crippen LogP contribution in [0.15, 0.2) is 42.0 Å². The number of rotatable bonds is 6. The van der Waals surface area contributed by atoms with E-state index in [9.17, 15) is 0 Å². The minimum atomic E-state index is 0.143. The summed E-state index contributed by atoms with van der Waals surface area (Å²) in [5, 5.41) is 0. The van der Waals surface area contributed by atoms with Crippen LogP contribution in [0.25, 0.3) is 0 Å². The van der Waals surface area contributed by atoms with Gasteiger partial charge in [0.05, 0.1) is 11.7 Å². The first-order valence-electron chi connectivity index (χ1n) is 6.95. The summed E-state index contributed by atoms with van der Waals surface area (Å²) in [6.45, 7) is 6.58. The second-order valence-electron chi connectivity index (χ2n) is 5.82. The molecule has 1 aromatic carbocycles. The molecule has 1 nitrogen and oxygen atoms in total. The van der Waals surface area contributed by atoms with E-state index in [-0.39, 0.29) is 5.60 Å². The Hall–Kier alpha value is -1.08. The standard InChI is InChI=1S/C17H24O/c1-14(12-13-16-17(2,3)18-16)8-7-11-15-9-5-4-6-10-15/h4-6,8-10,16H,7,11-13H2,1-3H3/b14-8+. The molecule has 1 saturated heterocycles. The first-order chi connectivity index (χ1) is 8.58. The summed E-state index contributed by atoms with van der Waals surface area (Å²) in [5.74, 6) is 0. The predicted octanol–water partition coefficient (Wildman–Crippen LogP) is 4.52. The van der Waals surface area contributed by atoms with Crippen LogP contribution < -0.4 is 0 Å². The molecule has 2 rings (SSSR count). The topological polar surface area (TPSA) is 12.5 Å². The Kier molecular flexibility index (Phi) is 4.23. The van der Waals surface area contributed by atoms with E-state index in [0.717, 1.165) is 12.8 Å². The Morgan fingerprint density at radius 1 is 1.28 bits per heavy atom. The molecule has 98 valence electrons. The van der Waals surface area contributed by atoms with E-state index in [2.05, 4.69) is 57.2 Å². The van der Waals surface area contributed by atoms with E-state index in [0.29, 0.717) is 6.10 Å². The van der Waals surface area contributed by atoms with E-state index in [1.54, 1.807) is 0 Å². The fraction of sp³-hybridized carbons (Fsp3) is 0.529. The summed E-state index contributed by atoms with van der Waals surface area (Å²) in [4.78, 5) is 0. The van der Waals surface area contributed by atoms with Crippen molar-refractivity contribution in [3.05, 3.63) is 47.5 Å². The van der Waals surface area contributed by atoms with Gasteiger partial charge in [-0.05, 0) is 52.0 Å². The van der Waals surface area contributed by atoms with Gasteiger partial charge in [-0.25, -0.2) is 0 Å². The molecular formula is C17H24O. The van der Waals surface area contributed by atoms with Gasteiger partial charge in [0.15, 0.2) is 0 Å². The highest BCUT2D eigenvalue weighted by molar-refractivity contribution is 5.15. The highest BCUT2D eigenvalue weighted by atomic mass is 16.6. The maximum atomic E-state index is 5.60. The number of epoxide rings is 1. The first kappa shape index (κ1) is 13.4. The van der Waals surface area contributed by atoms with Crippen LogP contribution >= 0.6 is 0 Å². The number of allylic oxidation sites excluding steroid dienone is 2. The summed E-state index contributed by atoms with van der Waals surface area (Å²) < 4.78 is 5.60. The lowest BCUT2D eigenvalue weighted by molar-refractivity contribution is 0.320. The molecule has 1 heteroatoms. The third-order valence-electron chi connectivity index (χ3n) is 3.73. The van der Waals surface area contributed by atoms with Gasteiger partial charge in [-0.3, -0.25) is 0 Å². The zero-order valence-electron chi connectivity index (χ0n) is 11.8. The van der Waals surface area contributed by atoms with Gasteiger partial charge < -0.3 is 4.74 Å². The lowest BCUT2D eigenvalue weighted by Gasteiger charge is -2.01. The summed E-state index contributed by atoms with van der Waals surface area (Å²) in [5.41, 5.74) is 3.06. The van der Waals surface area contributed by atoms with Crippen molar-refractivity contribution in [2.75, 3.05) is 0 Å². The molecule has 0 radical (unpaired) electrons. The Balaban J connectivity index is 1.66. The molecule has 0 aliphatic carbocycles. The van der Waals surface area contributed by atoms with Gasteiger partial charge in [-0.15, -0.1) is 0 Å². The number of hydrogen-bond donors (Lipinski definition) is 0. The molecule has 1 aromatic rings. The van der Waals surface area contributed by atoms with E-state index in [4.69, 9.17) is 4.74 Å². The van der Waals surface area contributed by atoms with E-state index >= 15 is 0 Å². The van der Waals surface area contributed by atoms with Crippen LogP contribution in [0.5, 0.6) is 0 Å². The van der Waals surface area contributed by atoms with Crippen LogP contribution in [0, 0.1) is 0 Å². The van der Waals surface area contributed by atoms with Crippen LogP contribution in [0.2, 0.25) is 0 Å². The monoisotopic (exact) mass is 244 g/mol. The summed E-state index contributed by atoms with van der Waals surface area (Å²) in [6, 6.07) is 10.7. The van der Waals surface area contributed by atoms with Crippen molar-refractivity contribution in [3.8, 4) is 0 Å². The van der Waals surface area contributed by atoms with E-state index in [1.165, 1.54) is 24.0 Å². The summed E-state index contributed by atoms with van der Waals surface area (Å²) in [6.07, 6.45) is 7.48. The Labute approximate surface area is 111 Å². The number of ether oxygens (including phenoxy) is 1. The van der Waals surface area contributed by atoms with Crippen molar-refractivity contribution in [1.82, 2.24) is 0 Å². The SMILES string of the molecule is C/C(=C\CCc1ccccc1)CCC1OC1(C)C. The first-order valence-corrected chi connectivity index (χ1v) is 6.95. The highest BCUT2D eigenvalue weighted by Crippen LogP contribution is 2.38. The molecular weight excluding hydrogens is 220 g/mol. The third-order valence-corrected chi connectivity index (χ3v) is 3.73. The van der Waals surface area contributed by atoms with Gasteiger partial charge in [0.25, 0.3) is 0 Å². The molecule has 0 aromatic heterocycles. The van der Waals surface area contributed by atoms with Gasteiger partial charge in [0.1, 0.15) is 0 Å². The van der Waals surface area contributed by atoms with Gasteiger partial charge in [0, 0.05) is 0 Å². The van der Waals surface area contributed by atoms with Gasteiger partial charge >= 0.3 is 0 Å². The molecule has 1 fully saturated rings. The lowest BCUT2D eigenvalue weighted by Crippen LogP contribution is -2.02. The molecule has 1 aliphatic heterocycles. The van der Waals surface area contributed by atoms with E-state index < -0.39 is 0 Å². The molecule has 1 atom stereocenters. The van der Waals surface area contributed by atoms with E-state index in [1.807, 2.05) is 0 Å². The Morgan fingerprint density at radius 2 is 1.94 bits per heavy atom. The Morgan fingerprint density at radius 3 is 2.56 bits per heavy atom. The fourth-order valence-corrected chi connectivity index (χ4v) is 2.33. The summed E-state index contributed by atoms with van der Waals surface area (Å²) >= 11 is 0. The minimum absolute atomic E-state index is 0.143. The number of benzene rings is 1. The van der Waals surface area contributed by atoms with Gasteiger partial charge in [0.2, 0.25) is 0 Å². The molecule has 1 heterocycles. The maximum Gasteiger partial charge on any atom is 0.0892 e. The van der Waals surface area contributed by atoms with Crippen molar-refractivity contribution in [2.45, 2.75) is 58.2 Å². The van der Waals surface area contributed by atoms with Crippen LogP contribution in [0.1, 0.15) is 45.6 Å². The second-order valence-corrected chi connectivity index (χ2v) is 5.82. The quantitative estimate of drug-likeness (QED) is 0.529. The Bertz CT molecular complexity index is 403. The molecule has 0 saturated carbocycles.